The zero-order chi connectivity index (χ0) is 30.7. The lowest BCUT2D eigenvalue weighted by Crippen LogP contribution is -2.09. The lowest BCUT2D eigenvalue weighted by molar-refractivity contribution is 0.483. The van der Waals surface area contributed by atoms with Crippen LogP contribution in [0.4, 0.5) is 17.1 Å². The zero-order valence-electron chi connectivity index (χ0n) is 25.3. The van der Waals surface area contributed by atoms with E-state index in [1.54, 1.807) is 0 Å². The molecule has 8 rings (SSSR count). The van der Waals surface area contributed by atoms with Gasteiger partial charge in [-0.2, -0.15) is 0 Å². The second kappa shape index (κ2) is 12.1. The van der Waals surface area contributed by atoms with Crippen molar-refractivity contribution in [3.8, 4) is 33.8 Å². The number of hydrogen-bond donors (Lipinski definition) is 0. The molecule has 0 saturated carbocycles. The molecule has 2 nitrogen and oxygen atoms in total. The summed E-state index contributed by atoms with van der Waals surface area (Å²) in [5, 5.41) is 4.93. The first-order valence-electron chi connectivity index (χ1n) is 15.6. The first-order chi connectivity index (χ1) is 22.8. The molecule has 46 heavy (non-hydrogen) atoms. The van der Waals surface area contributed by atoms with Crippen LogP contribution < -0.4 is 9.64 Å². The Morgan fingerprint density at radius 3 is 1.24 bits per heavy atom. The van der Waals surface area contributed by atoms with Crippen molar-refractivity contribution in [1.82, 2.24) is 0 Å². The molecule has 0 bridgehead atoms. The molecule has 0 aliphatic heterocycles. The largest absolute Gasteiger partial charge is 0.457 e. The van der Waals surface area contributed by atoms with Crippen LogP contribution in [0.2, 0.25) is 0 Å². The Kier molecular flexibility index (Phi) is 7.22. The summed E-state index contributed by atoms with van der Waals surface area (Å²) in [5.74, 6) is 1.59. The van der Waals surface area contributed by atoms with Crippen LogP contribution >= 0.6 is 0 Å². The first-order valence-corrected chi connectivity index (χ1v) is 15.6. The number of rotatable bonds is 7. The van der Waals surface area contributed by atoms with E-state index in [1.165, 1.54) is 38.2 Å². The average molecular weight is 590 g/mol. The molecule has 0 spiro atoms. The van der Waals surface area contributed by atoms with Crippen LogP contribution in [-0.4, -0.2) is 0 Å². The fraction of sp³-hybridized carbons (Fsp3) is 0. The highest BCUT2D eigenvalue weighted by atomic mass is 16.5. The number of hydrogen-bond acceptors (Lipinski definition) is 2. The maximum atomic E-state index is 6.49. The molecule has 8 aromatic rings. The number of benzene rings is 8. The number of nitrogens with zero attached hydrogens (tertiary/aromatic N) is 1. The van der Waals surface area contributed by atoms with Crippen LogP contribution in [-0.2, 0) is 0 Å². The van der Waals surface area contributed by atoms with E-state index < -0.39 is 0 Å². The highest BCUT2D eigenvalue weighted by Gasteiger charge is 2.17. The Morgan fingerprint density at radius 1 is 0.304 bits per heavy atom. The van der Waals surface area contributed by atoms with E-state index in [2.05, 4.69) is 163 Å². The number of para-hydroxylation sites is 2. The Bertz CT molecular complexity index is 2160. The van der Waals surface area contributed by atoms with Gasteiger partial charge in [-0.15, -0.1) is 0 Å². The highest BCUT2D eigenvalue weighted by Crippen LogP contribution is 2.44. The summed E-state index contributed by atoms with van der Waals surface area (Å²) >= 11 is 0. The molecule has 0 aromatic heterocycles. The van der Waals surface area contributed by atoms with Gasteiger partial charge in [-0.3, -0.25) is 0 Å². The van der Waals surface area contributed by atoms with E-state index in [4.69, 9.17) is 4.74 Å². The van der Waals surface area contributed by atoms with Gasteiger partial charge in [-0.25, -0.2) is 0 Å². The zero-order valence-corrected chi connectivity index (χ0v) is 25.3. The van der Waals surface area contributed by atoms with E-state index in [1.807, 2.05) is 30.3 Å². The Hall–Kier alpha value is -6.12. The minimum absolute atomic E-state index is 0.788. The fourth-order valence-corrected chi connectivity index (χ4v) is 6.47. The van der Waals surface area contributed by atoms with Crippen molar-refractivity contribution in [2.24, 2.45) is 0 Å². The van der Waals surface area contributed by atoms with Gasteiger partial charge in [0, 0.05) is 17.1 Å². The minimum Gasteiger partial charge on any atom is -0.457 e. The average Bonchev–Trinajstić information content (AvgIpc) is 3.13. The van der Waals surface area contributed by atoms with Crippen LogP contribution in [0.3, 0.4) is 0 Å². The summed E-state index contributed by atoms with van der Waals surface area (Å²) in [7, 11) is 0. The molecule has 0 N–H and O–H groups in total. The van der Waals surface area contributed by atoms with Crippen molar-refractivity contribution in [2.75, 3.05) is 4.90 Å². The Morgan fingerprint density at radius 2 is 0.717 bits per heavy atom. The van der Waals surface area contributed by atoms with Crippen LogP contribution in [0.15, 0.2) is 188 Å². The van der Waals surface area contributed by atoms with Crippen molar-refractivity contribution in [1.29, 1.82) is 0 Å². The predicted octanol–water partition coefficient (Wildman–Crippen LogP) is 12.6. The molecule has 0 saturated heterocycles. The summed E-state index contributed by atoms with van der Waals surface area (Å²) in [6.45, 7) is 0. The Labute approximate surface area is 269 Å². The first kappa shape index (κ1) is 27.4. The van der Waals surface area contributed by atoms with Gasteiger partial charge in [0.15, 0.2) is 0 Å². The highest BCUT2D eigenvalue weighted by molar-refractivity contribution is 6.21. The molecule has 0 aliphatic rings. The molecule has 218 valence electrons. The van der Waals surface area contributed by atoms with Crippen LogP contribution in [0.5, 0.6) is 11.5 Å². The molecule has 0 radical (unpaired) electrons. The van der Waals surface area contributed by atoms with E-state index in [9.17, 15) is 0 Å². The van der Waals surface area contributed by atoms with Crippen LogP contribution in [0.1, 0.15) is 0 Å². The third kappa shape index (κ3) is 5.16. The second-order valence-corrected chi connectivity index (χ2v) is 11.3. The van der Waals surface area contributed by atoms with Gasteiger partial charge in [0.1, 0.15) is 11.5 Å². The molecule has 0 fully saturated rings. The SMILES string of the molecule is c1ccc(-c2c3ccccc3c(-c3cccc(Oc4ccc(N(c5ccccc5)c5ccccc5)cc4)c3)c3ccccc23)cc1. The van der Waals surface area contributed by atoms with Gasteiger partial charge in [0.05, 0.1) is 0 Å². The van der Waals surface area contributed by atoms with Crippen LogP contribution in [0, 0.1) is 0 Å². The molecule has 2 heteroatoms. The van der Waals surface area contributed by atoms with Crippen molar-refractivity contribution >= 4 is 38.6 Å². The lowest BCUT2D eigenvalue weighted by atomic mass is 9.86. The van der Waals surface area contributed by atoms with E-state index >= 15 is 0 Å². The van der Waals surface area contributed by atoms with E-state index in [0.29, 0.717) is 0 Å². The number of anilines is 3. The van der Waals surface area contributed by atoms with Crippen molar-refractivity contribution in [2.45, 2.75) is 0 Å². The normalized spacial score (nSPS) is 11.0. The second-order valence-electron chi connectivity index (χ2n) is 11.3. The summed E-state index contributed by atoms with van der Waals surface area (Å²) in [5.41, 5.74) is 8.10. The smallest absolute Gasteiger partial charge is 0.128 e. The molecule has 0 atom stereocenters. The summed E-state index contributed by atoms with van der Waals surface area (Å²) in [4.78, 5) is 2.25. The van der Waals surface area contributed by atoms with Gasteiger partial charge in [0.2, 0.25) is 0 Å². The van der Waals surface area contributed by atoms with Crippen molar-refractivity contribution < 1.29 is 4.74 Å². The van der Waals surface area contributed by atoms with Crippen molar-refractivity contribution in [3.05, 3.63) is 188 Å². The maximum Gasteiger partial charge on any atom is 0.128 e. The fourth-order valence-electron chi connectivity index (χ4n) is 6.47. The van der Waals surface area contributed by atoms with Gasteiger partial charge in [0.25, 0.3) is 0 Å². The minimum atomic E-state index is 0.788. The number of ether oxygens (including phenoxy) is 1. The third-order valence-corrected chi connectivity index (χ3v) is 8.48. The molecule has 0 unspecified atom stereocenters. The van der Waals surface area contributed by atoms with Crippen molar-refractivity contribution in [3.63, 3.8) is 0 Å². The molecule has 0 amide bonds. The lowest BCUT2D eigenvalue weighted by Gasteiger charge is -2.25. The summed E-state index contributed by atoms with van der Waals surface area (Å²) in [6.07, 6.45) is 0. The molecule has 8 aromatic carbocycles. The van der Waals surface area contributed by atoms with Gasteiger partial charge in [-0.05, 0) is 104 Å². The molecule has 0 heterocycles. The molecular formula is C44H31NO. The van der Waals surface area contributed by atoms with Gasteiger partial charge < -0.3 is 9.64 Å². The van der Waals surface area contributed by atoms with Gasteiger partial charge >= 0.3 is 0 Å². The van der Waals surface area contributed by atoms with Crippen LogP contribution in [0.25, 0.3) is 43.8 Å². The molecule has 0 aliphatic carbocycles. The third-order valence-electron chi connectivity index (χ3n) is 8.48. The number of fused-ring (bicyclic) bond motifs is 2. The monoisotopic (exact) mass is 589 g/mol. The summed E-state index contributed by atoms with van der Waals surface area (Å²) < 4.78 is 6.49. The maximum absolute atomic E-state index is 6.49. The van der Waals surface area contributed by atoms with Gasteiger partial charge in [-0.1, -0.05) is 127 Å². The predicted molar refractivity (Wildman–Crippen MR) is 194 cm³/mol. The topological polar surface area (TPSA) is 12.5 Å². The molecular weight excluding hydrogens is 558 g/mol. The Balaban J connectivity index is 1.17. The summed E-state index contributed by atoms with van der Waals surface area (Å²) in [6, 6.07) is 65.8. The van der Waals surface area contributed by atoms with E-state index in [0.717, 1.165) is 34.1 Å². The van der Waals surface area contributed by atoms with E-state index in [-0.39, 0.29) is 0 Å². The standard InChI is InChI=1S/C44H31NO/c1-4-15-32(16-5-1)43-39-23-10-12-25-41(39)44(42-26-13-11-24-40(42)43)33-17-14-22-38(31-33)46-37-29-27-36(28-30-37)45(34-18-6-2-7-19-34)35-20-8-3-9-21-35/h1-31H. The quantitative estimate of drug-likeness (QED) is 0.171.